The van der Waals surface area contributed by atoms with Gasteiger partial charge in [0.15, 0.2) is 5.78 Å². The van der Waals surface area contributed by atoms with Gasteiger partial charge in [0.2, 0.25) is 3.79 Å². The second-order valence-corrected chi connectivity index (χ2v) is 4.12. The molecule has 78 valence electrons. The number of Topliss-reactive ketones (excluding diaryl/α,β-unsaturated/α-hetero) is 1. The van der Waals surface area contributed by atoms with E-state index in [-0.39, 0.29) is 9.57 Å². The zero-order valence-electron chi connectivity index (χ0n) is 8.42. The van der Waals surface area contributed by atoms with Crippen molar-refractivity contribution < 1.29 is 9.59 Å². The van der Waals surface area contributed by atoms with Gasteiger partial charge in [-0.05, 0) is 24.1 Å². The van der Waals surface area contributed by atoms with E-state index in [1.54, 1.807) is 46.9 Å². The van der Waals surface area contributed by atoms with Crippen molar-refractivity contribution in [2.75, 3.05) is 0 Å². The first-order valence-corrected chi connectivity index (χ1v) is 5.66. The Balaban J connectivity index is 2.94. The standard InChI is InChI=1S/C12H11IO2/c1-3-8(2)11(14)9-4-6-10(7-5-9)12(13)15/h4-7H,2-3H2,1H3. The molecule has 2 nitrogen and oxygen atoms in total. The van der Waals surface area contributed by atoms with Gasteiger partial charge in [-0.2, -0.15) is 0 Å². The molecule has 1 aromatic carbocycles. The van der Waals surface area contributed by atoms with Crippen LogP contribution < -0.4 is 0 Å². The molecule has 15 heavy (non-hydrogen) atoms. The fourth-order valence-electron chi connectivity index (χ4n) is 1.12. The van der Waals surface area contributed by atoms with Gasteiger partial charge in [-0.15, -0.1) is 0 Å². The third-order valence-corrected chi connectivity index (χ3v) is 2.74. The van der Waals surface area contributed by atoms with Crippen LogP contribution in [-0.2, 0) is 0 Å². The molecule has 0 fully saturated rings. The Hall–Kier alpha value is -0.970. The minimum atomic E-state index is -0.0510. The van der Waals surface area contributed by atoms with E-state index in [9.17, 15) is 9.59 Å². The summed E-state index contributed by atoms with van der Waals surface area (Å²) >= 11 is 1.72. The van der Waals surface area contributed by atoms with Crippen molar-refractivity contribution in [1.29, 1.82) is 0 Å². The third kappa shape index (κ3) is 2.99. The maximum atomic E-state index is 11.7. The number of halogens is 1. The lowest BCUT2D eigenvalue weighted by Crippen LogP contribution is -2.01. The van der Waals surface area contributed by atoms with Crippen molar-refractivity contribution in [1.82, 2.24) is 0 Å². The zero-order valence-corrected chi connectivity index (χ0v) is 10.6. The van der Waals surface area contributed by atoms with Gasteiger partial charge in [-0.1, -0.05) is 25.6 Å². The molecule has 1 aromatic rings. The fraction of sp³-hybridized carbons (Fsp3) is 0.167. The Morgan fingerprint density at radius 2 is 1.67 bits per heavy atom. The second-order valence-electron chi connectivity index (χ2n) is 3.14. The Kier molecular flexibility index (Phi) is 4.20. The van der Waals surface area contributed by atoms with Gasteiger partial charge in [0.25, 0.3) is 0 Å². The molecule has 0 N–H and O–H groups in total. The van der Waals surface area contributed by atoms with E-state index in [1.807, 2.05) is 6.92 Å². The first kappa shape index (κ1) is 12.1. The number of hydrogen-bond donors (Lipinski definition) is 0. The summed E-state index contributed by atoms with van der Waals surface area (Å²) in [6.07, 6.45) is 0.645. The molecule has 0 atom stereocenters. The maximum Gasteiger partial charge on any atom is 0.222 e. The molecule has 1 rings (SSSR count). The largest absolute Gasteiger partial charge is 0.289 e. The summed E-state index contributed by atoms with van der Waals surface area (Å²) in [5.74, 6) is -0.0510. The SMILES string of the molecule is C=C(CC)C(=O)c1ccc(C(=O)I)cc1. The van der Waals surface area contributed by atoms with Crippen LogP contribution >= 0.6 is 22.6 Å². The van der Waals surface area contributed by atoms with Crippen LogP contribution in [-0.4, -0.2) is 9.57 Å². The quantitative estimate of drug-likeness (QED) is 0.369. The van der Waals surface area contributed by atoms with Crippen LogP contribution in [0.15, 0.2) is 36.4 Å². The molecule has 0 aromatic heterocycles. The lowest BCUT2D eigenvalue weighted by atomic mass is 10.0. The molecule has 0 unspecified atom stereocenters. The average Bonchev–Trinajstić information content (AvgIpc) is 2.27. The van der Waals surface area contributed by atoms with Crippen LogP contribution in [0.5, 0.6) is 0 Å². The average molecular weight is 314 g/mol. The number of carbonyl (C=O) groups is 2. The monoisotopic (exact) mass is 314 g/mol. The van der Waals surface area contributed by atoms with Crippen molar-refractivity contribution in [2.45, 2.75) is 13.3 Å². The topological polar surface area (TPSA) is 34.1 Å². The molecule has 0 heterocycles. The van der Waals surface area contributed by atoms with Gasteiger partial charge in [0.05, 0.1) is 0 Å². The number of ketones is 1. The summed E-state index contributed by atoms with van der Waals surface area (Å²) in [4.78, 5) is 22.7. The predicted octanol–water partition coefficient (Wildman–Crippen LogP) is 3.41. The highest BCUT2D eigenvalue weighted by Gasteiger charge is 2.09. The molecule has 0 saturated carbocycles. The number of rotatable bonds is 4. The van der Waals surface area contributed by atoms with Gasteiger partial charge in [-0.25, -0.2) is 0 Å². The van der Waals surface area contributed by atoms with Crippen LogP contribution in [0.2, 0.25) is 0 Å². The molecule has 0 saturated heterocycles. The summed E-state index contributed by atoms with van der Waals surface area (Å²) in [6.45, 7) is 5.58. The fourth-order valence-corrected chi connectivity index (χ4v) is 1.48. The van der Waals surface area contributed by atoms with E-state index in [2.05, 4.69) is 6.58 Å². The van der Waals surface area contributed by atoms with Crippen molar-refractivity contribution in [3.05, 3.63) is 47.5 Å². The molecule has 0 amide bonds. The lowest BCUT2D eigenvalue weighted by molar-refractivity contribution is 0.103. The van der Waals surface area contributed by atoms with Gasteiger partial charge >= 0.3 is 0 Å². The van der Waals surface area contributed by atoms with Crippen molar-refractivity contribution in [2.24, 2.45) is 0 Å². The Morgan fingerprint density at radius 3 is 2.07 bits per heavy atom. The highest BCUT2D eigenvalue weighted by molar-refractivity contribution is 14.1. The van der Waals surface area contributed by atoms with Crippen LogP contribution in [0.3, 0.4) is 0 Å². The van der Waals surface area contributed by atoms with E-state index in [1.165, 1.54) is 0 Å². The highest BCUT2D eigenvalue weighted by Crippen LogP contribution is 2.12. The highest BCUT2D eigenvalue weighted by atomic mass is 127. The van der Waals surface area contributed by atoms with E-state index in [0.29, 0.717) is 23.1 Å². The van der Waals surface area contributed by atoms with Crippen molar-refractivity contribution >= 4 is 32.2 Å². The predicted molar refractivity (Wildman–Crippen MR) is 68.6 cm³/mol. The number of benzene rings is 1. The molecule has 0 aliphatic rings. The lowest BCUT2D eigenvalue weighted by Gasteiger charge is -2.02. The summed E-state index contributed by atoms with van der Waals surface area (Å²) < 4.78 is -0.0269. The van der Waals surface area contributed by atoms with Crippen LogP contribution in [0.1, 0.15) is 34.1 Å². The zero-order chi connectivity index (χ0) is 11.4. The molecule has 3 heteroatoms. The summed E-state index contributed by atoms with van der Waals surface area (Å²) in [5, 5.41) is 0. The molecule has 0 spiro atoms. The summed E-state index contributed by atoms with van der Waals surface area (Å²) in [7, 11) is 0. The van der Waals surface area contributed by atoms with Crippen LogP contribution in [0, 0.1) is 0 Å². The molecule has 0 bridgehead atoms. The van der Waals surface area contributed by atoms with Gasteiger partial charge < -0.3 is 0 Å². The van der Waals surface area contributed by atoms with Crippen LogP contribution in [0.4, 0.5) is 0 Å². The maximum absolute atomic E-state index is 11.7. The number of hydrogen-bond acceptors (Lipinski definition) is 2. The van der Waals surface area contributed by atoms with Crippen molar-refractivity contribution in [3.8, 4) is 0 Å². The Bertz CT molecular complexity index is 404. The molecular weight excluding hydrogens is 303 g/mol. The Morgan fingerprint density at radius 1 is 1.20 bits per heavy atom. The minimum absolute atomic E-state index is 0.0269. The van der Waals surface area contributed by atoms with Crippen molar-refractivity contribution in [3.63, 3.8) is 0 Å². The Labute approximate surface area is 103 Å². The van der Waals surface area contributed by atoms with Gasteiger partial charge in [0.1, 0.15) is 0 Å². The van der Waals surface area contributed by atoms with E-state index >= 15 is 0 Å². The van der Waals surface area contributed by atoms with Gasteiger partial charge in [0, 0.05) is 33.7 Å². The summed E-state index contributed by atoms with van der Waals surface area (Å²) in [6, 6.07) is 6.64. The molecule has 0 aliphatic carbocycles. The first-order chi connectivity index (χ1) is 7.06. The molecule has 0 aliphatic heterocycles. The molecular formula is C12H11IO2. The van der Waals surface area contributed by atoms with Crippen LogP contribution in [0.25, 0.3) is 0 Å². The minimum Gasteiger partial charge on any atom is -0.289 e. The molecule has 0 radical (unpaired) electrons. The van der Waals surface area contributed by atoms with Gasteiger partial charge in [-0.3, -0.25) is 9.59 Å². The third-order valence-electron chi connectivity index (χ3n) is 2.12. The second kappa shape index (κ2) is 5.21. The number of allylic oxidation sites excluding steroid dienone is 1. The number of carbonyl (C=O) groups excluding carboxylic acids is 2. The first-order valence-electron chi connectivity index (χ1n) is 4.58. The van der Waals surface area contributed by atoms with E-state index in [0.717, 1.165) is 0 Å². The van der Waals surface area contributed by atoms with E-state index in [4.69, 9.17) is 0 Å². The van der Waals surface area contributed by atoms with E-state index < -0.39 is 0 Å². The normalized spacial score (nSPS) is 9.73. The summed E-state index contributed by atoms with van der Waals surface area (Å²) in [5.41, 5.74) is 1.78. The smallest absolute Gasteiger partial charge is 0.222 e.